The van der Waals surface area contributed by atoms with E-state index in [1.807, 2.05) is 6.92 Å². The number of carbonyl (C=O) groups excluding carboxylic acids is 2. The minimum atomic E-state index is -0.549. The Morgan fingerprint density at radius 3 is 2.50 bits per heavy atom. The van der Waals surface area contributed by atoms with Crippen LogP contribution >= 0.6 is 57.9 Å². The number of ether oxygens (including phenoxy) is 2. The van der Waals surface area contributed by atoms with Gasteiger partial charge in [0.2, 0.25) is 5.91 Å². The Morgan fingerprint density at radius 2 is 1.82 bits per heavy atom. The third kappa shape index (κ3) is 6.44. The Labute approximate surface area is 242 Å². The van der Waals surface area contributed by atoms with Gasteiger partial charge in [0, 0.05) is 28.0 Å². The Bertz CT molecular complexity index is 1470. The van der Waals surface area contributed by atoms with E-state index in [-0.39, 0.29) is 17.2 Å². The van der Waals surface area contributed by atoms with E-state index < -0.39 is 12.1 Å². The van der Waals surface area contributed by atoms with Crippen molar-refractivity contribution in [3.8, 4) is 16.9 Å². The average molecular weight is 612 g/mol. The molecule has 4 aromatic rings. The highest BCUT2D eigenvalue weighted by molar-refractivity contribution is 7.99. The Hall–Kier alpha value is -2.76. The first-order valence-electron chi connectivity index (χ1n) is 11.1. The predicted molar refractivity (Wildman–Crippen MR) is 152 cm³/mol. The molecule has 2 heterocycles. The highest BCUT2D eigenvalue weighted by Crippen LogP contribution is 2.37. The lowest BCUT2D eigenvalue weighted by molar-refractivity contribution is -0.113. The van der Waals surface area contributed by atoms with E-state index in [0.29, 0.717) is 42.4 Å². The highest BCUT2D eigenvalue weighted by atomic mass is 35.5. The molecule has 0 aliphatic carbocycles. The molecule has 0 bridgehead atoms. The van der Waals surface area contributed by atoms with Crippen LogP contribution in [0.3, 0.4) is 0 Å². The Kier molecular flexibility index (Phi) is 9.22. The van der Waals surface area contributed by atoms with Crippen molar-refractivity contribution in [3.63, 3.8) is 0 Å². The maximum atomic E-state index is 12.8. The molecule has 4 rings (SSSR count). The van der Waals surface area contributed by atoms with Gasteiger partial charge in [-0.15, -0.1) is 21.5 Å². The summed E-state index contributed by atoms with van der Waals surface area (Å²) in [4.78, 5) is 25.3. The Balaban J connectivity index is 1.43. The van der Waals surface area contributed by atoms with Crippen LogP contribution in [0.1, 0.15) is 29.2 Å². The van der Waals surface area contributed by atoms with Gasteiger partial charge in [-0.3, -0.25) is 4.79 Å². The second-order valence-electron chi connectivity index (χ2n) is 7.92. The number of benzene rings is 2. The lowest BCUT2D eigenvalue weighted by atomic mass is 10.0. The van der Waals surface area contributed by atoms with Gasteiger partial charge in [-0.25, -0.2) is 4.79 Å². The van der Waals surface area contributed by atoms with Crippen LogP contribution in [0.15, 0.2) is 53.0 Å². The first-order chi connectivity index (χ1) is 18.2. The molecule has 38 heavy (non-hydrogen) atoms. The first-order valence-corrected chi connectivity index (χ1v) is 14.1. The summed E-state index contributed by atoms with van der Waals surface area (Å²) in [6.07, 6.45) is -0.464. The quantitative estimate of drug-likeness (QED) is 0.158. The van der Waals surface area contributed by atoms with Gasteiger partial charge >= 0.3 is 5.97 Å². The molecule has 0 spiro atoms. The molecule has 0 aliphatic rings. The molecule has 0 fully saturated rings. The van der Waals surface area contributed by atoms with Crippen molar-refractivity contribution in [1.82, 2.24) is 14.8 Å². The highest BCUT2D eigenvalue weighted by Gasteiger charge is 2.23. The van der Waals surface area contributed by atoms with Crippen LogP contribution < -0.4 is 10.1 Å². The summed E-state index contributed by atoms with van der Waals surface area (Å²) in [6, 6.07) is 12.0. The fourth-order valence-electron chi connectivity index (χ4n) is 3.51. The lowest BCUT2D eigenvalue weighted by Crippen LogP contribution is -2.16. The number of nitrogens with one attached hydrogen (secondary N) is 1. The summed E-state index contributed by atoms with van der Waals surface area (Å²) >= 11 is 20.6. The first kappa shape index (κ1) is 28.3. The Morgan fingerprint density at radius 1 is 1.11 bits per heavy atom. The van der Waals surface area contributed by atoms with E-state index in [1.165, 1.54) is 30.2 Å². The molecule has 0 radical (unpaired) electrons. The number of amides is 1. The zero-order chi connectivity index (χ0) is 27.4. The molecule has 2 aromatic carbocycles. The van der Waals surface area contributed by atoms with E-state index in [4.69, 9.17) is 44.3 Å². The minimum absolute atomic E-state index is 0.0407. The van der Waals surface area contributed by atoms with Crippen LogP contribution in [0.5, 0.6) is 5.75 Å². The number of hydrogen-bond donors (Lipinski definition) is 1. The fourth-order valence-corrected chi connectivity index (χ4v) is 5.78. The van der Waals surface area contributed by atoms with E-state index >= 15 is 0 Å². The SMILES string of the molecule is COC(=O)c1c(-c2ccc(Cl)cc2)csc1NC(=O)CSc1nnc(C(C)Oc2ccc(Cl)cc2Cl)n1C. The summed E-state index contributed by atoms with van der Waals surface area (Å²) in [5.41, 5.74) is 1.71. The molecule has 1 atom stereocenters. The van der Waals surface area contributed by atoms with E-state index in [9.17, 15) is 9.59 Å². The maximum Gasteiger partial charge on any atom is 0.341 e. The molecule has 0 aliphatic heterocycles. The summed E-state index contributed by atoms with van der Waals surface area (Å²) in [5.74, 6) is 0.200. The van der Waals surface area contributed by atoms with Crippen molar-refractivity contribution < 1.29 is 19.1 Å². The molecule has 1 unspecified atom stereocenters. The minimum Gasteiger partial charge on any atom is -0.481 e. The zero-order valence-electron chi connectivity index (χ0n) is 20.3. The number of methoxy groups -OCH3 is 1. The van der Waals surface area contributed by atoms with Gasteiger partial charge in [-0.05, 0) is 42.8 Å². The molecular weight excluding hydrogens is 591 g/mol. The number of nitrogens with zero attached hydrogens (tertiary/aromatic N) is 3. The van der Waals surface area contributed by atoms with Gasteiger partial charge in [-0.1, -0.05) is 58.7 Å². The van der Waals surface area contributed by atoms with Crippen molar-refractivity contribution in [2.45, 2.75) is 18.2 Å². The van der Waals surface area contributed by atoms with Crippen molar-refractivity contribution in [3.05, 3.63) is 74.3 Å². The smallest absolute Gasteiger partial charge is 0.341 e. The molecular formula is C25H21Cl3N4O4S2. The summed E-state index contributed by atoms with van der Waals surface area (Å²) in [6.45, 7) is 1.82. The number of hydrogen-bond acceptors (Lipinski definition) is 8. The predicted octanol–water partition coefficient (Wildman–Crippen LogP) is 7.16. The zero-order valence-corrected chi connectivity index (χ0v) is 24.2. The number of thioether (sulfide) groups is 1. The number of carbonyl (C=O) groups is 2. The van der Waals surface area contributed by atoms with Crippen LogP contribution in [-0.2, 0) is 16.6 Å². The molecule has 1 amide bonds. The molecule has 8 nitrogen and oxygen atoms in total. The van der Waals surface area contributed by atoms with Crippen molar-refractivity contribution in [1.29, 1.82) is 0 Å². The van der Waals surface area contributed by atoms with Crippen LogP contribution in [0.4, 0.5) is 5.00 Å². The number of thiophene rings is 1. The number of anilines is 1. The van der Waals surface area contributed by atoms with Gasteiger partial charge in [0.15, 0.2) is 17.1 Å². The standard InChI is InChI=1S/C25H21Cl3N4O4S2/c1-13(36-19-9-8-16(27)10-18(19)28)22-30-31-25(32(22)2)38-12-20(33)29-23-21(24(34)35-3)17(11-37-23)14-4-6-15(26)7-5-14/h4-11,13H,12H2,1-3H3,(H,29,33). The van der Waals surface area contributed by atoms with Gasteiger partial charge in [-0.2, -0.15) is 0 Å². The van der Waals surface area contributed by atoms with Crippen molar-refractivity contribution in [2.75, 3.05) is 18.2 Å². The second-order valence-corrected chi connectivity index (χ2v) is 11.0. The monoisotopic (exact) mass is 610 g/mol. The van der Waals surface area contributed by atoms with Crippen molar-refractivity contribution >= 4 is 74.8 Å². The topological polar surface area (TPSA) is 95.3 Å². The largest absolute Gasteiger partial charge is 0.481 e. The van der Waals surface area contributed by atoms with Crippen LogP contribution in [-0.4, -0.2) is 39.5 Å². The van der Waals surface area contributed by atoms with E-state index in [2.05, 4.69) is 15.5 Å². The van der Waals surface area contributed by atoms with Gasteiger partial charge < -0.3 is 19.4 Å². The number of esters is 1. The number of aromatic nitrogens is 3. The fraction of sp³-hybridized carbons (Fsp3) is 0.200. The molecule has 2 aromatic heterocycles. The summed E-state index contributed by atoms with van der Waals surface area (Å²) in [5, 5.41) is 15.4. The molecule has 0 saturated carbocycles. The summed E-state index contributed by atoms with van der Waals surface area (Å²) in [7, 11) is 3.08. The lowest BCUT2D eigenvalue weighted by Gasteiger charge is -2.15. The summed E-state index contributed by atoms with van der Waals surface area (Å²) < 4.78 is 12.6. The third-order valence-corrected chi connectivity index (χ3v) is 8.05. The van der Waals surface area contributed by atoms with E-state index in [0.717, 1.165) is 5.56 Å². The second kappa shape index (κ2) is 12.4. The number of rotatable bonds is 9. The molecule has 1 N–H and O–H groups in total. The van der Waals surface area contributed by atoms with Gasteiger partial charge in [0.1, 0.15) is 16.3 Å². The van der Waals surface area contributed by atoms with Crippen LogP contribution in [0, 0.1) is 0 Å². The molecule has 198 valence electrons. The number of halogens is 3. The van der Waals surface area contributed by atoms with E-state index in [1.54, 1.807) is 59.5 Å². The van der Waals surface area contributed by atoms with Gasteiger partial charge in [0.25, 0.3) is 0 Å². The third-order valence-electron chi connectivity index (χ3n) is 5.35. The van der Waals surface area contributed by atoms with Crippen molar-refractivity contribution in [2.24, 2.45) is 7.05 Å². The normalized spacial score (nSPS) is 11.7. The molecule has 13 heteroatoms. The van der Waals surface area contributed by atoms with Crippen LogP contribution in [0.25, 0.3) is 11.1 Å². The van der Waals surface area contributed by atoms with Crippen LogP contribution in [0.2, 0.25) is 15.1 Å². The maximum absolute atomic E-state index is 12.8. The molecule has 0 saturated heterocycles. The van der Waals surface area contributed by atoms with Gasteiger partial charge in [0.05, 0.1) is 17.9 Å². The average Bonchev–Trinajstić information content (AvgIpc) is 3.47.